The van der Waals surface area contributed by atoms with Crippen LogP contribution in [0.4, 0.5) is 0 Å². The molecule has 0 spiro atoms. The van der Waals surface area contributed by atoms with Crippen LogP contribution in [0.5, 0.6) is 5.75 Å². The zero-order valence-corrected chi connectivity index (χ0v) is 12.7. The maximum atomic E-state index is 10.9. The molecule has 100 valence electrons. The van der Waals surface area contributed by atoms with Gasteiger partial charge in [-0.2, -0.15) is 0 Å². The number of Topliss-reactive ketones (excluding diaryl/α,β-unsaturated/α-hetero) is 1. The van der Waals surface area contributed by atoms with E-state index in [0.717, 1.165) is 30.5 Å². The van der Waals surface area contributed by atoms with Crippen molar-refractivity contribution >= 4 is 21.7 Å². The number of alkyl halides is 1. The van der Waals surface area contributed by atoms with Crippen LogP contribution in [0.25, 0.3) is 0 Å². The van der Waals surface area contributed by atoms with Gasteiger partial charge in [0.25, 0.3) is 0 Å². The molecule has 0 heterocycles. The molecule has 0 N–H and O–H groups in total. The Balaban J connectivity index is 2.42. The molecule has 1 rings (SSSR count). The molecule has 1 aromatic carbocycles. The fourth-order valence-electron chi connectivity index (χ4n) is 1.56. The van der Waals surface area contributed by atoms with Gasteiger partial charge in [-0.15, -0.1) is 0 Å². The van der Waals surface area contributed by atoms with Gasteiger partial charge in [0.2, 0.25) is 0 Å². The Morgan fingerprint density at radius 1 is 1.33 bits per heavy atom. The number of carbonyl (C=O) groups is 1. The van der Waals surface area contributed by atoms with E-state index in [0.29, 0.717) is 12.3 Å². The van der Waals surface area contributed by atoms with Gasteiger partial charge in [-0.3, -0.25) is 0 Å². The number of ether oxygens (including phenoxy) is 1. The predicted molar refractivity (Wildman–Crippen MR) is 78.5 cm³/mol. The molecule has 3 heteroatoms. The molecule has 0 aliphatic heterocycles. The SMILES string of the molecule is CCC(CBr)COc1ccc(CCC(C)=O)cc1. The van der Waals surface area contributed by atoms with Crippen molar-refractivity contribution in [2.75, 3.05) is 11.9 Å². The summed E-state index contributed by atoms with van der Waals surface area (Å²) in [5, 5.41) is 0.972. The number of rotatable bonds is 8. The highest BCUT2D eigenvalue weighted by Crippen LogP contribution is 2.16. The third-order valence-corrected chi connectivity index (χ3v) is 3.89. The highest BCUT2D eigenvalue weighted by molar-refractivity contribution is 9.09. The molecule has 0 fully saturated rings. The fraction of sp³-hybridized carbons (Fsp3) is 0.533. The van der Waals surface area contributed by atoms with E-state index in [1.165, 1.54) is 5.56 Å². The van der Waals surface area contributed by atoms with E-state index in [9.17, 15) is 4.79 Å². The minimum Gasteiger partial charge on any atom is -0.493 e. The molecule has 0 aromatic heterocycles. The first-order valence-corrected chi connectivity index (χ1v) is 7.55. The molecule has 0 aliphatic rings. The number of ketones is 1. The van der Waals surface area contributed by atoms with Crippen LogP contribution in [0.1, 0.15) is 32.3 Å². The summed E-state index contributed by atoms with van der Waals surface area (Å²) in [5.74, 6) is 1.70. The monoisotopic (exact) mass is 312 g/mol. The van der Waals surface area contributed by atoms with Gasteiger partial charge in [0.05, 0.1) is 6.61 Å². The van der Waals surface area contributed by atoms with Crippen LogP contribution in [0.15, 0.2) is 24.3 Å². The van der Waals surface area contributed by atoms with Crippen molar-refractivity contribution in [1.82, 2.24) is 0 Å². The van der Waals surface area contributed by atoms with Crippen LogP contribution < -0.4 is 4.74 Å². The van der Waals surface area contributed by atoms with Gasteiger partial charge in [0, 0.05) is 17.7 Å². The second-order valence-electron chi connectivity index (χ2n) is 4.59. The minimum absolute atomic E-state index is 0.235. The van der Waals surface area contributed by atoms with Gasteiger partial charge in [0.1, 0.15) is 11.5 Å². The molecule has 0 bridgehead atoms. The first-order chi connectivity index (χ1) is 8.65. The number of carbonyl (C=O) groups excluding carboxylic acids is 1. The molecule has 1 aromatic rings. The van der Waals surface area contributed by atoms with Gasteiger partial charge in [-0.05, 0) is 37.5 Å². The van der Waals surface area contributed by atoms with E-state index < -0.39 is 0 Å². The number of hydrogen-bond donors (Lipinski definition) is 0. The van der Waals surface area contributed by atoms with Crippen molar-refractivity contribution < 1.29 is 9.53 Å². The van der Waals surface area contributed by atoms with Gasteiger partial charge >= 0.3 is 0 Å². The number of benzene rings is 1. The van der Waals surface area contributed by atoms with Crippen LogP contribution in [0.2, 0.25) is 0 Å². The third-order valence-electron chi connectivity index (χ3n) is 2.97. The lowest BCUT2D eigenvalue weighted by molar-refractivity contribution is -0.116. The van der Waals surface area contributed by atoms with Gasteiger partial charge in [-0.1, -0.05) is 35.0 Å². The van der Waals surface area contributed by atoms with Crippen LogP contribution in [0.3, 0.4) is 0 Å². The van der Waals surface area contributed by atoms with Crippen molar-refractivity contribution in [3.63, 3.8) is 0 Å². The molecule has 2 nitrogen and oxygen atoms in total. The molecular weight excluding hydrogens is 292 g/mol. The standard InChI is InChI=1S/C15H21BrO2/c1-3-13(10-16)11-18-15-8-6-14(7-9-15)5-4-12(2)17/h6-9,13H,3-5,10-11H2,1-2H3. The first-order valence-electron chi connectivity index (χ1n) is 6.42. The topological polar surface area (TPSA) is 26.3 Å². The van der Waals surface area contributed by atoms with Gasteiger partial charge in [0.15, 0.2) is 0 Å². The Morgan fingerprint density at radius 2 is 2.00 bits per heavy atom. The van der Waals surface area contributed by atoms with Crippen LogP contribution in [0, 0.1) is 5.92 Å². The normalized spacial score (nSPS) is 12.2. The van der Waals surface area contributed by atoms with Crippen LogP contribution >= 0.6 is 15.9 Å². The Hall–Kier alpha value is -0.830. The molecule has 0 amide bonds. The Morgan fingerprint density at radius 3 is 2.50 bits per heavy atom. The van der Waals surface area contributed by atoms with E-state index in [1.54, 1.807) is 6.92 Å². The Labute approximate surface area is 118 Å². The first kappa shape index (κ1) is 15.2. The van der Waals surface area contributed by atoms with Crippen LogP contribution in [-0.4, -0.2) is 17.7 Å². The number of aryl methyl sites for hydroxylation is 1. The predicted octanol–water partition coefficient (Wildman–Crippen LogP) is 4.01. The van der Waals surface area contributed by atoms with Crippen molar-refractivity contribution in [2.45, 2.75) is 33.1 Å². The average Bonchev–Trinajstić information content (AvgIpc) is 2.39. The molecule has 0 radical (unpaired) electrons. The largest absolute Gasteiger partial charge is 0.493 e. The summed E-state index contributed by atoms with van der Waals surface area (Å²) >= 11 is 3.48. The van der Waals surface area contributed by atoms with Crippen LogP contribution in [-0.2, 0) is 11.2 Å². The maximum absolute atomic E-state index is 10.9. The highest BCUT2D eigenvalue weighted by Gasteiger charge is 2.05. The van der Waals surface area contributed by atoms with Crippen molar-refractivity contribution in [1.29, 1.82) is 0 Å². The fourth-order valence-corrected chi connectivity index (χ4v) is 2.20. The summed E-state index contributed by atoms with van der Waals surface area (Å²) in [4.78, 5) is 10.9. The zero-order chi connectivity index (χ0) is 13.4. The van der Waals surface area contributed by atoms with E-state index in [1.807, 2.05) is 24.3 Å². The minimum atomic E-state index is 0.235. The number of hydrogen-bond acceptors (Lipinski definition) is 2. The highest BCUT2D eigenvalue weighted by atomic mass is 79.9. The van der Waals surface area contributed by atoms with E-state index in [4.69, 9.17) is 4.74 Å². The maximum Gasteiger partial charge on any atom is 0.130 e. The van der Waals surface area contributed by atoms with E-state index in [2.05, 4.69) is 22.9 Å². The molecule has 1 unspecified atom stereocenters. The van der Waals surface area contributed by atoms with Crippen molar-refractivity contribution in [3.8, 4) is 5.75 Å². The Kier molecular flexibility index (Phi) is 7.02. The quantitative estimate of drug-likeness (QED) is 0.678. The second kappa shape index (κ2) is 8.30. The number of halogens is 1. The van der Waals surface area contributed by atoms with Crippen molar-refractivity contribution in [3.05, 3.63) is 29.8 Å². The van der Waals surface area contributed by atoms with Gasteiger partial charge in [-0.25, -0.2) is 0 Å². The van der Waals surface area contributed by atoms with Crippen molar-refractivity contribution in [2.24, 2.45) is 5.92 Å². The zero-order valence-electron chi connectivity index (χ0n) is 11.1. The van der Waals surface area contributed by atoms with E-state index in [-0.39, 0.29) is 5.78 Å². The lowest BCUT2D eigenvalue weighted by atomic mass is 10.1. The smallest absolute Gasteiger partial charge is 0.130 e. The average molecular weight is 313 g/mol. The molecular formula is C15H21BrO2. The second-order valence-corrected chi connectivity index (χ2v) is 5.23. The van der Waals surface area contributed by atoms with Gasteiger partial charge < -0.3 is 9.53 Å². The van der Waals surface area contributed by atoms with E-state index >= 15 is 0 Å². The third kappa shape index (κ3) is 5.67. The molecule has 18 heavy (non-hydrogen) atoms. The Bertz CT molecular complexity index is 355. The lowest BCUT2D eigenvalue weighted by Crippen LogP contribution is -2.12. The summed E-state index contributed by atoms with van der Waals surface area (Å²) in [7, 11) is 0. The molecule has 0 aliphatic carbocycles. The molecule has 0 saturated heterocycles. The summed E-state index contributed by atoms with van der Waals surface area (Å²) in [6, 6.07) is 8.04. The molecule has 0 saturated carbocycles. The molecule has 1 atom stereocenters. The summed E-state index contributed by atoms with van der Waals surface area (Å²) in [6.45, 7) is 4.54. The summed E-state index contributed by atoms with van der Waals surface area (Å²) < 4.78 is 5.73. The summed E-state index contributed by atoms with van der Waals surface area (Å²) in [5.41, 5.74) is 1.19. The summed E-state index contributed by atoms with van der Waals surface area (Å²) in [6.07, 6.45) is 2.54. The lowest BCUT2D eigenvalue weighted by Gasteiger charge is -2.13.